The van der Waals surface area contributed by atoms with Crippen LogP contribution in [0.5, 0.6) is 0 Å². The molecule has 2 aliphatic rings. The van der Waals surface area contributed by atoms with Crippen LogP contribution in [0.2, 0.25) is 0 Å². The number of nitrogens with one attached hydrogen (secondary N) is 1. The standard InChI is InChI=1S/C19H18N2O5/c22-17(20-10-13-3-1-7-25-13)12-5-6-15-16(9-12)19(24)21(18(15)23)11-14-4-2-8-26-14/h2,4-6,8-9,13H,1,3,7,10-11H2,(H,20,22)/t13-/m0/s1. The summed E-state index contributed by atoms with van der Waals surface area (Å²) < 4.78 is 10.7. The predicted molar refractivity (Wildman–Crippen MR) is 90.7 cm³/mol. The van der Waals surface area contributed by atoms with Crippen molar-refractivity contribution in [1.29, 1.82) is 0 Å². The van der Waals surface area contributed by atoms with Gasteiger partial charge in [0.25, 0.3) is 17.7 Å². The minimum absolute atomic E-state index is 0.0420. The summed E-state index contributed by atoms with van der Waals surface area (Å²) in [5.74, 6) is -0.565. The zero-order valence-electron chi connectivity index (χ0n) is 14.1. The number of furan rings is 1. The van der Waals surface area contributed by atoms with E-state index in [0.29, 0.717) is 23.4 Å². The first-order chi connectivity index (χ1) is 12.6. The topological polar surface area (TPSA) is 88.8 Å². The highest BCUT2D eigenvalue weighted by atomic mass is 16.5. The fourth-order valence-electron chi connectivity index (χ4n) is 3.25. The van der Waals surface area contributed by atoms with E-state index in [1.165, 1.54) is 18.4 Å². The van der Waals surface area contributed by atoms with Gasteiger partial charge in [-0.3, -0.25) is 19.3 Å². The van der Waals surface area contributed by atoms with Gasteiger partial charge in [-0.25, -0.2) is 0 Å². The van der Waals surface area contributed by atoms with Crippen molar-refractivity contribution in [2.75, 3.05) is 13.2 Å². The Balaban J connectivity index is 1.49. The Morgan fingerprint density at radius 3 is 2.77 bits per heavy atom. The molecule has 0 radical (unpaired) electrons. The fourth-order valence-corrected chi connectivity index (χ4v) is 3.25. The van der Waals surface area contributed by atoms with Gasteiger partial charge in [-0.1, -0.05) is 0 Å². The molecule has 1 N–H and O–H groups in total. The first kappa shape index (κ1) is 16.5. The minimum atomic E-state index is -0.421. The predicted octanol–water partition coefficient (Wildman–Crippen LogP) is 1.98. The third-order valence-corrected chi connectivity index (χ3v) is 4.64. The summed E-state index contributed by atoms with van der Waals surface area (Å²) in [6, 6.07) is 7.96. The Labute approximate surface area is 149 Å². The maximum atomic E-state index is 12.6. The van der Waals surface area contributed by atoms with E-state index in [1.807, 2.05) is 0 Å². The largest absolute Gasteiger partial charge is 0.467 e. The monoisotopic (exact) mass is 354 g/mol. The lowest BCUT2D eigenvalue weighted by Crippen LogP contribution is -2.31. The van der Waals surface area contributed by atoms with E-state index in [0.717, 1.165) is 24.3 Å². The molecular weight excluding hydrogens is 336 g/mol. The highest BCUT2D eigenvalue weighted by molar-refractivity contribution is 6.21. The van der Waals surface area contributed by atoms with Gasteiger partial charge in [0.05, 0.1) is 30.0 Å². The molecule has 2 aromatic rings. The molecule has 1 atom stereocenters. The van der Waals surface area contributed by atoms with Gasteiger partial charge in [-0.05, 0) is 43.2 Å². The molecular formula is C19H18N2O5. The van der Waals surface area contributed by atoms with Gasteiger partial charge in [0, 0.05) is 18.7 Å². The van der Waals surface area contributed by atoms with Gasteiger partial charge >= 0.3 is 0 Å². The molecule has 1 aromatic heterocycles. The Hall–Kier alpha value is -2.93. The number of amides is 3. The first-order valence-electron chi connectivity index (χ1n) is 8.56. The lowest BCUT2D eigenvalue weighted by molar-refractivity contribution is 0.0631. The molecule has 7 heteroatoms. The highest BCUT2D eigenvalue weighted by Gasteiger charge is 2.36. The molecule has 3 heterocycles. The van der Waals surface area contributed by atoms with Crippen molar-refractivity contribution in [1.82, 2.24) is 10.2 Å². The van der Waals surface area contributed by atoms with Crippen LogP contribution in [0.25, 0.3) is 0 Å². The number of hydrogen-bond donors (Lipinski definition) is 1. The van der Waals surface area contributed by atoms with E-state index < -0.39 is 5.91 Å². The Bertz CT molecular complexity index is 853. The second kappa shape index (κ2) is 6.76. The summed E-state index contributed by atoms with van der Waals surface area (Å²) in [6.07, 6.45) is 3.46. The number of fused-ring (bicyclic) bond motifs is 1. The average molecular weight is 354 g/mol. The van der Waals surface area contributed by atoms with Gasteiger partial charge in [0.2, 0.25) is 0 Å². The smallest absolute Gasteiger partial charge is 0.261 e. The highest BCUT2D eigenvalue weighted by Crippen LogP contribution is 2.26. The zero-order valence-corrected chi connectivity index (χ0v) is 14.1. The molecule has 3 amide bonds. The minimum Gasteiger partial charge on any atom is -0.467 e. The zero-order chi connectivity index (χ0) is 18.1. The quantitative estimate of drug-likeness (QED) is 0.830. The molecule has 26 heavy (non-hydrogen) atoms. The van der Waals surface area contributed by atoms with Gasteiger partial charge in [0.1, 0.15) is 5.76 Å². The van der Waals surface area contributed by atoms with Crippen molar-refractivity contribution in [2.45, 2.75) is 25.5 Å². The summed E-state index contributed by atoms with van der Waals surface area (Å²) >= 11 is 0. The van der Waals surface area contributed by atoms with Crippen LogP contribution in [-0.4, -0.2) is 41.9 Å². The molecule has 0 spiro atoms. The van der Waals surface area contributed by atoms with Crippen LogP contribution in [0.3, 0.4) is 0 Å². The van der Waals surface area contributed by atoms with Crippen molar-refractivity contribution >= 4 is 17.7 Å². The summed E-state index contributed by atoms with van der Waals surface area (Å²) in [5, 5.41) is 2.82. The number of ether oxygens (including phenoxy) is 1. The first-order valence-corrected chi connectivity index (χ1v) is 8.56. The summed E-state index contributed by atoms with van der Waals surface area (Å²) in [6.45, 7) is 1.23. The van der Waals surface area contributed by atoms with Crippen molar-refractivity contribution in [2.24, 2.45) is 0 Å². The molecule has 2 aliphatic heterocycles. The lowest BCUT2D eigenvalue weighted by atomic mass is 10.1. The molecule has 4 rings (SSSR count). The molecule has 1 aromatic carbocycles. The number of hydrogen-bond acceptors (Lipinski definition) is 5. The van der Waals surface area contributed by atoms with Crippen LogP contribution in [0.4, 0.5) is 0 Å². The van der Waals surface area contributed by atoms with Crippen molar-refractivity contribution in [3.8, 4) is 0 Å². The maximum Gasteiger partial charge on any atom is 0.261 e. The summed E-state index contributed by atoms with van der Waals surface area (Å²) in [5.41, 5.74) is 0.895. The molecule has 7 nitrogen and oxygen atoms in total. The Kier molecular flexibility index (Phi) is 4.30. The average Bonchev–Trinajstić information content (AvgIpc) is 3.39. The molecule has 1 fully saturated rings. The van der Waals surface area contributed by atoms with Gasteiger partial charge < -0.3 is 14.5 Å². The van der Waals surface area contributed by atoms with Crippen LogP contribution in [0, 0.1) is 0 Å². The Morgan fingerprint density at radius 2 is 2.04 bits per heavy atom. The number of carbonyl (C=O) groups excluding carboxylic acids is 3. The van der Waals surface area contributed by atoms with Gasteiger partial charge in [-0.15, -0.1) is 0 Å². The van der Waals surface area contributed by atoms with Crippen molar-refractivity contribution in [3.05, 3.63) is 59.0 Å². The van der Waals surface area contributed by atoms with Crippen molar-refractivity contribution < 1.29 is 23.5 Å². The number of benzene rings is 1. The number of carbonyl (C=O) groups is 3. The summed E-state index contributed by atoms with van der Waals surface area (Å²) in [7, 11) is 0. The fraction of sp³-hybridized carbons (Fsp3) is 0.316. The second-order valence-corrected chi connectivity index (χ2v) is 6.38. The number of imide groups is 1. The van der Waals surface area contributed by atoms with Crippen LogP contribution >= 0.6 is 0 Å². The third-order valence-electron chi connectivity index (χ3n) is 4.64. The second-order valence-electron chi connectivity index (χ2n) is 6.38. The lowest BCUT2D eigenvalue weighted by Gasteiger charge is -2.11. The molecule has 0 aliphatic carbocycles. The summed E-state index contributed by atoms with van der Waals surface area (Å²) in [4.78, 5) is 38.5. The molecule has 0 unspecified atom stereocenters. The van der Waals surface area contributed by atoms with Crippen LogP contribution in [0.15, 0.2) is 41.0 Å². The third kappa shape index (κ3) is 3.01. The van der Waals surface area contributed by atoms with Crippen molar-refractivity contribution in [3.63, 3.8) is 0 Å². The maximum absolute atomic E-state index is 12.6. The van der Waals surface area contributed by atoms with E-state index in [1.54, 1.807) is 18.2 Å². The molecule has 1 saturated heterocycles. The molecule has 0 bridgehead atoms. The van der Waals surface area contributed by atoms with Gasteiger partial charge in [0.15, 0.2) is 0 Å². The van der Waals surface area contributed by atoms with E-state index in [-0.39, 0.29) is 30.0 Å². The normalized spacial score (nSPS) is 19.1. The number of nitrogens with zero attached hydrogens (tertiary/aromatic N) is 1. The van der Waals surface area contributed by atoms with E-state index >= 15 is 0 Å². The molecule has 134 valence electrons. The van der Waals surface area contributed by atoms with Crippen LogP contribution in [0.1, 0.15) is 49.7 Å². The molecule has 0 saturated carbocycles. The Morgan fingerprint density at radius 1 is 1.19 bits per heavy atom. The van der Waals surface area contributed by atoms with Crippen LogP contribution in [-0.2, 0) is 11.3 Å². The van der Waals surface area contributed by atoms with E-state index in [2.05, 4.69) is 5.32 Å². The van der Waals surface area contributed by atoms with Gasteiger partial charge in [-0.2, -0.15) is 0 Å². The van der Waals surface area contributed by atoms with Crippen LogP contribution < -0.4 is 5.32 Å². The SMILES string of the molecule is O=C(NC[C@@H]1CCCO1)c1ccc2c(c1)C(=O)N(Cc1ccco1)C2=O. The van der Waals surface area contributed by atoms with E-state index in [9.17, 15) is 14.4 Å². The number of rotatable bonds is 5. The van der Waals surface area contributed by atoms with E-state index in [4.69, 9.17) is 9.15 Å².